The van der Waals surface area contributed by atoms with Crippen LogP contribution in [0.4, 0.5) is 0 Å². The van der Waals surface area contributed by atoms with Crippen molar-refractivity contribution in [3.63, 3.8) is 0 Å². The van der Waals surface area contributed by atoms with Gasteiger partial charge in [0.1, 0.15) is 11.3 Å². The van der Waals surface area contributed by atoms with E-state index < -0.39 is 17.5 Å². The van der Waals surface area contributed by atoms with Crippen molar-refractivity contribution >= 4 is 35.1 Å². The van der Waals surface area contributed by atoms with Crippen LogP contribution in [-0.2, 0) is 11.2 Å². The largest absolute Gasteiger partial charge is 0.455 e. The third-order valence-corrected chi connectivity index (χ3v) is 3.95. The highest BCUT2D eigenvalue weighted by Gasteiger charge is 2.30. The zero-order chi connectivity index (χ0) is 20.5. The Kier molecular flexibility index (Phi) is 6.22. The van der Waals surface area contributed by atoms with Crippen LogP contribution in [0.2, 0.25) is 10.0 Å². The van der Waals surface area contributed by atoms with Crippen molar-refractivity contribution in [2.75, 3.05) is 0 Å². The number of hydrogen-bond donors (Lipinski definition) is 1. The van der Waals surface area contributed by atoms with Crippen LogP contribution < -0.4 is 5.73 Å². The number of carbonyl (C=O) groups excluding carboxylic acids is 2. The maximum Gasteiger partial charge on any atom is 0.359 e. The van der Waals surface area contributed by atoms with Crippen LogP contribution in [0.15, 0.2) is 18.2 Å². The van der Waals surface area contributed by atoms with E-state index >= 15 is 0 Å². The number of carbonyl (C=O) groups is 2. The first-order valence-electron chi connectivity index (χ1n) is 8.50. The van der Waals surface area contributed by atoms with Gasteiger partial charge in [-0.25, -0.2) is 9.48 Å². The van der Waals surface area contributed by atoms with Crippen molar-refractivity contribution in [1.82, 2.24) is 9.78 Å². The highest BCUT2D eigenvalue weighted by atomic mass is 35.5. The summed E-state index contributed by atoms with van der Waals surface area (Å²) in [4.78, 5) is 24.9. The number of amides is 1. The Hall–Kier alpha value is -2.05. The predicted molar refractivity (Wildman–Crippen MR) is 106 cm³/mol. The minimum atomic E-state index is -0.706. The van der Waals surface area contributed by atoms with Crippen LogP contribution in [-0.4, -0.2) is 27.3 Å². The molecule has 0 aliphatic carbocycles. The predicted octanol–water partition coefficient (Wildman–Crippen LogP) is 4.43. The summed E-state index contributed by atoms with van der Waals surface area (Å²) in [6.07, 6.45) is 0.432. The molecule has 0 atom stereocenters. The molecule has 2 N–H and O–H groups in total. The lowest BCUT2D eigenvalue weighted by Crippen LogP contribution is -2.25. The standard InChI is InChI=1S/C19H23Cl2N3O3/c1-10(2)6-14-15(18(26)27-19(3,4)5)23-24(16(14)17(22)25)13-8-11(20)7-12(21)9-13/h7-10H,6H2,1-5H3,(H2,22,25). The molecule has 1 heterocycles. The van der Waals surface area contributed by atoms with Gasteiger partial charge >= 0.3 is 5.97 Å². The van der Waals surface area contributed by atoms with Crippen molar-refractivity contribution < 1.29 is 14.3 Å². The number of esters is 1. The molecule has 0 aliphatic rings. The molecule has 0 fully saturated rings. The quantitative estimate of drug-likeness (QED) is 0.736. The third kappa shape index (κ3) is 5.23. The normalized spacial score (nSPS) is 11.7. The van der Waals surface area contributed by atoms with Crippen molar-refractivity contribution in [2.24, 2.45) is 11.7 Å². The van der Waals surface area contributed by atoms with E-state index in [1.165, 1.54) is 4.68 Å². The van der Waals surface area contributed by atoms with Crippen LogP contribution in [0.5, 0.6) is 0 Å². The molecule has 2 aromatic rings. The topological polar surface area (TPSA) is 87.2 Å². The molecule has 0 aliphatic heterocycles. The van der Waals surface area contributed by atoms with E-state index in [1.54, 1.807) is 39.0 Å². The maximum atomic E-state index is 12.7. The van der Waals surface area contributed by atoms with E-state index in [0.29, 0.717) is 27.7 Å². The maximum absolute atomic E-state index is 12.7. The number of nitrogens with zero attached hydrogens (tertiary/aromatic N) is 2. The zero-order valence-corrected chi connectivity index (χ0v) is 17.5. The highest BCUT2D eigenvalue weighted by Crippen LogP contribution is 2.27. The van der Waals surface area contributed by atoms with Crippen LogP contribution in [0.25, 0.3) is 5.69 Å². The fourth-order valence-corrected chi connectivity index (χ4v) is 3.16. The van der Waals surface area contributed by atoms with Crippen LogP contribution in [0, 0.1) is 5.92 Å². The Bertz CT molecular complexity index is 863. The Labute approximate surface area is 168 Å². The van der Waals surface area contributed by atoms with Gasteiger partial charge in [0.05, 0.1) is 5.69 Å². The molecule has 0 saturated carbocycles. The Morgan fingerprint density at radius 1 is 1.19 bits per heavy atom. The van der Waals surface area contributed by atoms with Gasteiger partial charge in [-0.2, -0.15) is 5.10 Å². The molecule has 0 unspecified atom stereocenters. The van der Waals surface area contributed by atoms with Gasteiger partial charge in [-0.1, -0.05) is 37.0 Å². The van der Waals surface area contributed by atoms with Gasteiger partial charge in [-0.15, -0.1) is 0 Å². The first-order valence-corrected chi connectivity index (χ1v) is 9.26. The summed E-state index contributed by atoms with van der Waals surface area (Å²) in [6.45, 7) is 9.22. The smallest absolute Gasteiger partial charge is 0.359 e. The Morgan fingerprint density at radius 3 is 2.19 bits per heavy atom. The molecule has 0 radical (unpaired) electrons. The van der Waals surface area contributed by atoms with Crippen LogP contribution >= 0.6 is 23.2 Å². The molecule has 8 heteroatoms. The number of primary amides is 1. The lowest BCUT2D eigenvalue weighted by atomic mass is 10.00. The van der Waals surface area contributed by atoms with Gasteiger partial charge in [-0.3, -0.25) is 4.79 Å². The van der Waals surface area contributed by atoms with Crippen LogP contribution in [0.3, 0.4) is 0 Å². The van der Waals surface area contributed by atoms with Gasteiger partial charge in [0.15, 0.2) is 5.69 Å². The second-order valence-electron chi connectivity index (χ2n) is 7.68. The molecule has 27 heavy (non-hydrogen) atoms. The monoisotopic (exact) mass is 411 g/mol. The van der Waals surface area contributed by atoms with Crippen molar-refractivity contribution in [2.45, 2.75) is 46.6 Å². The molecule has 146 valence electrons. The zero-order valence-electron chi connectivity index (χ0n) is 16.0. The van der Waals surface area contributed by atoms with Crippen molar-refractivity contribution in [3.8, 4) is 5.69 Å². The van der Waals surface area contributed by atoms with E-state index in [2.05, 4.69) is 5.10 Å². The number of hydrogen-bond acceptors (Lipinski definition) is 4. The summed E-state index contributed by atoms with van der Waals surface area (Å²) in [5.41, 5.74) is 5.97. The third-order valence-electron chi connectivity index (χ3n) is 3.51. The molecule has 0 saturated heterocycles. The fourth-order valence-electron chi connectivity index (χ4n) is 2.64. The minimum Gasteiger partial charge on any atom is -0.455 e. The molecule has 1 amide bonds. The first kappa shape index (κ1) is 21.3. The second-order valence-corrected chi connectivity index (χ2v) is 8.55. The Balaban J connectivity index is 2.73. The summed E-state index contributed by atoms with van der Waals surface area (Å²) in [7, 11) is 0. The van der Waals surface area contributed by atoms with Gasteiger partial charge in [0.25, 0.3) is 5.91 Å². The van der Waals surface area contributed by atoms with E-state index in [9.17, 15) is 9.59 Å². The molecular weight excluding hydrogens is 389 g/mol. The highest BCUT2D eigenvalue weighted by molar-refractivity contribution is 6.34. The van der Waals surface area contributed by atoms with Gasteiger partial charge in [0.2, 0.25) is 0 Å². The number of nitrogens with two attached hydrogens (primary N) is 1. The molecule has 0 bridgehead atoms. The molecule has 6 nitrogen and oxygen atoms in total. The van der Waals surface area contributed by atoms with Gasteiger partial charge in [-0.05, 0) is 51.3 Å². The van der Waals surface area contributed by atoms with E-state index in [4.69, 9.17) is 33.7 Å². The number of benzene rings is 1. The number of aromatic nitrogens is 2. The Morgan fingerprint density at radius 2 is 1.74 bits per heavy atom. The fraction of sp³-hybridized carbons (Fsp3) is 0.421. The van der Waals surface area contributed by atoms with E-state index in [0.717, 1.165) is 0 Å². The van der Waals surface area contributed by atoms with Crippen molar-refractivity contribution in [1.29, 1.82) is 0 Å². The van der Waals surface area contributed by atoms with Gasteiger partial charge in [0, 0.05) is 15.6 Å². The summed E-state index contributed by atoms with van der Waals surface area (Å²) >= 11 is 12.2. The molecule has 1 aromatic heterocycles. The summed E-state index contributed by atoms with van der Waals surface area (Å²) in [6, 6.07) is 4.74. The minimum absolute atomic E-state index is 0.0588. The first-order chi connectivity index (χ1) is 12.4. The summed E-state index contributed by atoms with van der Waals surface area (Å²) in [5, 5.41) is 5.08. The second kappa shape index (κ2) is 7.90. The molecule has 0 spiro atoms. The number of halogens is 2. The average Bonchev–Trinajstić information content (AvgIpc) is 2.83. The lowest BCUT2D eigenvalue weighted by Gasteiger charge is -2.19. The lowest BCUT2D eigenvalue weighted by molar-refractivity contribution is 0.00610. The SMILES string of the molecule is CC(C)Cc1c(C(=O)OC(C)(C)C)nn(-c2cc(Cl)cc(Cl)c2)c1C(N)=O. The number of ether oxygens (including phenoxy) is 1. The average molecular weight is 412 g/mol. The van der Waals surface area contributed by atoms with E-state index in [-0.39, 0.29) is 17.3 Å². The van der Waals surface area contributed by atoms with Crippen molar-refractivity contribution in [3.05, 3.63) is 45.2 Å². The molecule has 1 aromatic carbocycles. The molecule has 2 rings (SSSR count). The van der Waals surface area contributed by atoms with E-state index in [1.807, 2.05) is 13.8 Å². The van der Waals surface area contributed by atoms with Crippen LogP contribution in [0.1, 0.15) is 61.2 Å². The summed E-state index contributed by atoms with van der Waals surface area (Å²) < 4.78 is 6.76. The molecular formula is C19H23Cl2N3O3. The number of rotatable bonds is 5. The van der Waals surface area contributed by atoms with Gasteiger partial charge < -0.3 is 10.5 Å². The summed E-state index contributed by atoms with van der Waals surface area (Å²) in [5.74, 6) is -1.17.